The van der Waals surface area contributed by atoms with Gasteiger partial charge in [-0.3, -0.25) is 9.59 Å². The Bertz CT molecular complexity index is 218. The third kappa shape index (κ3) is 7.97. The summed E-state index contributed by atoms with van der Waals surface area (Å²) in [6.45, 7) is 9.81. The second-order valence-corrected chi connectivity index (χ2v) is 4.95. The number of hydrogen-bond acceptors (Lipinski definition) is 3. The third-order valence-electron chi connectivity index (χ3n) is 1.45. The molecule has 0 rings (SSSR count). The monoisotopic (exact) mass is 214 g/mol. The summed E-state index contributed by atoms with van der Waals surface area (Å²) in [5.41, 5.74) is -0.510. The van der Waals surface area contributed by atoms with E-state index in [4.69, 9.17) is 4.74 Å². The summed E-state index contributed by atoms with van der Waals surface area (Å²) in [5, 5.41) is 0. The molecule has 15 heavy (non-hydrogen) atoms. The number of esters is 1. The highest BCUT2D eigenvalue weighted by molar-refractivity contribution is 5.74. The van der Waals surface area contributed by atoms with Crippen LogP contribution in [0.3, 0.4) is 0 Å². The van der Waals surface area contributed by atoms with E-state index in [-0.39, 0.29) is 6.54 Å². The molecule has 4 nitrogen and oxygen atoms in total. The van der Waals surface area contributed by atoms with Crippen LogP contribution in [0.2, 0.25) is 0 Å². The standard InChI is InChI=1S/C11H20NO3/c1-9(2)6-12(8-13)7-10(14)15-11(3,4)5/h9H,6-7H2,1-5H3. The molecule has 4 heteroatoms. The molecule has 0 aromatic heterocycles. The molecule has 1 radical (unpaired) electrons. The number of nitrogens with zero attached hydrogens (tertiary/aromatic N) is 1. The largest absolute Gasteiger partial charge is 0.459 e. The van der Waals surface area contributed by atoms with Gasteiger partial charge in [0, 0.05) is 6.54 Å². The third-order valence-corrected chi connectivity index (χ3v) is 1.45. The van der Waals surface area contributed by atoms with Gasteiger partial charge in [-0.1, -0.05) is 13.8 Å². The minimum atomic E-state index is -0.510. The van der Waals surface area contributed by atoms with Crippen molar-refractivity contribution in [2.24, 2.45) is 5.92 Å². The molecule has 0 saturated carbocycles. The van der Waals surface area contributed by atoms with Gasteiger partial charge in [-0.05, 0) is 26.7 Å². The predicted octanol–water partition coefficient (Wildman–Crippen LogP) is 1.35. The summed E-state index contributed by atoms with van der Waals surface area (Å²) < 4.78 is 5.09. The number of carbonyl (C=O) groups is 1. The molecule has 0 spiro atoms. The topological polar surface area (TPSA) is 46.6 Å². The molecule has 0 bridgehead atoms. The number of ether oxygens (including phenoxy) is 1. The second-order valence-electron chi connectivity index (χ2n) is 4.95. The minimum absolute atomic E-state index is 0.0288. The van der Waals surface area contributed by atoms with Gasteiger partial charge in [-0.15, -0.1) is 0 Å². The molecule has 0 aliphatic carbocycles. The van der Waals surface area contributed by atoms with Crippen LogP contribution in [0.5, 0.6) is 0 Å². The van der Waals surface area contributed by atoms with Crippen LogP contribution in [0.15, 0.2) is 0 Å². The van der Waals surface area contributed by atoms with Gasteiger partial charge < -0.3 is 9.64 Å². The van der Waals surface area contributed by atoms with Crippen molar-refractivity contribution in [3.8, 4) is 0 Å². The fourth-order valence-corrected chi connectivity index (χ4v) is 1.10. The lowest BCUT2D eigenvalue weighted by atomic mass is 10.2. The Labute approximate surface area is 91.6 Å². The van der Waals surface area contributed by atoms with Gasteiger partial charge >= 0.3 is 12.4 Å². The van der Waals surface area contributed by atoms with Crippen LogP contribution < -0.4 is 0 Å². The van der Waals surface area contributed by atoms with Crippen molar-refractivity contribution in [3.05, 3.63) is 0 Å². The van der Waals surface area contributed by atoms with Crippen LogP contribution in [-0.4, -0.2) is 36.0 Å². The fourth-order valence-electron chi connectivity index (χ4n) is 1.10. The Hall–Kier alpha value is -1.06. The van der Waals surface area contributed by atoms with Crippen molar-refractivity contribution in [1.82, 2.24) is 4.90 Å². The summed E-state index contributed by atoms with van der Waals surface area (Å²) in [6, 6.07) is 0. The molecular weight excluding hydrogens is 194 g/mol. The maximum atomic E-state index is 11.4. The molecule has 87 valence electrons. The first-order chi connectivity index (χ1) is 6.74. The van der Waals surface area contributed by atoms with Gasteiger partial charge in [0.1, 0.15) is 12.1 Å². The first kappa shape index (κ1) is 13.9. The Morgan fingerprint density at radius 2 is 1.93 bits per heavy atom. The van der Waals surface area contributed by atoms with Crippen LogP contribution in [0.4, 0.5) is 0 Å². The molecule has 0 saturated heterocycles. The zero-order chi connectivity index (χ0) is 12.1. The van der Waals surface area contributed by atoms with Crippen LogP contribution >= 0.6 is 0 Å². The van der Waals surface area contributed by atoms with Crippen LogP contribution in [0, 0.1) is 5.92 Å². The van der Waals surface area contributed by atoms with Crippen LogP contribution in [-0.2, 0) is 14.3 Å². The number of rotatable bonds is 5. The smallest absolute Gasteiger partial charge is 0.326 e. The average Bonchev–Trinajstić information content (AvgIpc) is 1.98. The van der Waals surface area contributed by atoms with E-state index in [1.54, 1.807) is 27.2 Å². The number of amides is 1. The zero-order valence-electron chi connectivity index (χ0n) is 10.2. The van der Waals surface area contributed by atoms with E-state index in [2.05, 4.69) is 0 Å². The van der Waals surface area contributed by atoms with Gasteiger partial charge in [0.15, 0.2) is 0 Å². The second kappa shape index (κ2) is 5.73. The summed E-state index contributed by atoms with van der Waals surface area (Å²) >= 11 is 0. The lowest BCUT2D eigenvalue weighted by Crippen LogP contribution is -2.36. The first-order valence-corrected chi connectivity index (χ1v) is 5.09. The molecule has 0 fully saturated rings. The molecule has 0 heterocycles. The molecular formula is C11H20NO3. The van der Waals surface area contributed by atoms with E-state index >= 15 is 0 Å². The minimum Gasteiger partial charge on any atom is -0.459 e. The molecule has 0 aliphatic rings. The van der Waals surface area contributed by atoms with Crippen molar-refractivity contribution in [2.75, 3.05) is 13.1 Å². The Morgan fingerprint density at radius 3 is 2.27 bits per heavy atom. The van der Waals surface area contributed by atoms with Crippen molar-refractivity contribution in [3.63, 3.8) is 0 Å². The number of hydrogen-bond donors (Lipinski definition) is 0. The molecule has 0 N–H and O–H groups in total. The van der Waals surface area contributed by atoms with Crippen molar-refractivity contribution in [2.45, 2.75) is 40.2 Å². The van der Waals surface area contributed by atoms with Crippen LogP contribution in [0.1, 0.15) is 34.6 Å². The van der Waals surface area contributed by atoms with Crippen molar-refractivity contribution in [1.29, 1.82) is 0 Å². The van der Waals surface area contributed by atoms with Gasteiger partial charge in [0.05, 0.1) is 0 Å². The fraction of sp³-hybridized carbons (Fsp3) is 0.818. The maximum absolute atomic E-state index is 11.4. The summed E-state index contributed by atoms with van der Waals surface area (Å²) in [5.74, 6) is -0.0830. The van der Waals surface area contributed by atoms with E-state index in [0.29, 0.717) is 12.5 Å². The maximum Gasteiger partial charge on any atom is 0.326 e. The summed E-state index contributed by atoms with van der Waals surface area (Å²) in [6.07, 6.45) is 1.73. The summed E-state index contributed by atoms with van der Waals surface area (Å²) in [4.78, 5) is 23.2. The number of carbonyl (C=O) groups excluding carboxylic acids is 2. The van der Waals surface area contributed by atoms with E-state index in [0.717, 1.165) is 0 Å². The van der Waals surface area contributed by atoms with Gasteiger partial charge in [-0.25, -0.2) is 0 Å². The van der Waals surface area contributed by atoms with Gasteiger partial charge in [0.2, 0.25) is 0 Å². The van der Waals surface area contributed by atoms with Crippen molar-refractivity contribution < 1.29 is 14.3 Å². The van der Waals surface area contributed by atoms with E-state index in [1.807, 2.05) is 13.8 Å². The Kier molecular flexibility index (Phi) is 5.33. The van der Waals surface area contributed by atoms with E-state index in [9.17, 15) is 9.59 Å². The Morgan fingerprint density at radius 1 is 1.40 bits per heavy atom. The SMILES string of the molecule is CC(C)CN([C]=O)CC(=O)OC(C)(C)C. The lowest BCUT2D eigenvalue weighted by Gasteiger charge is -2.22. The highest BCUT2D eigenvalue weighted by atomic mass is 16.6. The van der Waals surface area contributed by atoms with Crippen molar-refractivity contribution >= 4 is 12.4 Å². The molecule has 0 aliphatic heterocycles. The van der Waals surface area contributed by atoms with Gasteiger partial charge in [0.25, 0.3) is 0 Å². The highest BCUT2D eigenvalue weighted by Gasteiger charge is 2.18. The molecule has 1 amide bonds. The molecule has 0 atom stereocenters. The van der Waals surface area contributed by atoms with E-state index < -0.39 is 11.6 Å². The van der Waals surface area contributed by atoms with E-state index in [1.165, 1.54) is 4.90 Å². The lowest BCUT2D eigenvalue weighted by molar-refractivity contribution is -0.155. The normalized spacial score (nSPS) is 11.3. The molecule has 0 unspecified atom stereocenters. The molecule has 0 aromatic rings. The predicted molar refractivity (Wildman–Crippen MR) is 57.9 cm³/mol. The van der Waals surface area contributed by atoms with Gasteiger partial charge in [-0.2, -0.15) is 0 Å². The first-order valence-electron chi connectivity index (χ1n) is 5.09. The average molecular weight is 214 g/mol. The quantitative estimate of drug-likeness (QED) is 0.512. The highest BCUT2D eigenvalue weighted by Crippen LogP contribution is 2.07. The summed E-state index contributed by atoms with van der Waals surface area (Å²) in [7, 11) is 0. The van der Waals surface area contributed by atoms with Crippen LogP contribution in [0.25, 0.3) is 0 Å². The molecule has 0 aromatic carbocycles. The Balaban J connectivity index is 4.08. The zero-order valence-corrected chi connectivity index (χ0v) is 10.2.